The van der Waals surface area contributed by atoms with Gasteiger partial charge in [-0.3, -0.25) is 9.59 Å². The van der Waals surface area contributed by atoms with Crippen LogP contribution in [0, 0.1) is 5.82 Å². The molecule has 0 bridgehead atoms. The summed E-state index contributed by atoms with van der Waals surface area (Å²) < 4.78 is 29.2. The van der Waals surface area contributed by atoms with Crippen LogP contribution in [0.4, 0.5) is 10.1 Å². The molecule has 0 aliphatic carbocycles. The van der Waals surface area contributed by atoms with Gasteiger partial charge in [0.1, 0.15) is 11.6 Å². The van der Waals surface area contributed by atoms with Crippen molar-refractivity contribution in [3.8, 4) is 17.2 Å². The zero-order valence-electron chi connectivity index (χ0n) is 16.7. The van der Waals surface area contributed by atoms with E-state index in [9.17, 15) is 14.0 Å². The van der Waals surface area contributed by atoms with Gasteiger partial charge in [0.05, 0.1) is 19.8 Å². The van der Waals surface area contributed by atoms with E-state index in [1.165, 1.54) is 36.2 Å². The highest BCUT2D eigenvalue weighted by atomic mass is 19.1. The predicted octanol–water partition coefficient (Wildman–Crippen LogP) is 3.10. The molecule has 7 nitrogen and oxygen atoms in total. The molecule has 0 fully saturated rings. The van der Waals surface area contributed by atoms with Crippen LogP contribution in [0.5, 0.6) is 17.2 Å². The molecule has 0 saturated carbocycles. The Balaban J connectivity index is 1.87. The van der Waals surface area contributed by atoms with Crippen molar-refractivity contribution in [3.05, 3.63) is 48.3 Å². The number of ether oxygens (including phenoxy) is 3. The Morgan fingerprint density at radius 1 is 0.966 bits per heavy atom. The van der Waals surface area contributed by atoms with Gasteiger partial charge in [0.15, 0.2) is 18.1 Å². The van der Waals surface area contributed by atoms with Crippen LogP contribution in [-0.4, -0.2) is 50.1 Å². The van der Waals surface area contributed by atoms with Crippen molar-refractivity contribution in [2.45, 2.75) is 13.8 Å². The summed E-state index contributed by atoms with van der Waals surface area (Å²) >= 11 is 0. The second-order valence-corrected chi connectivity index (χ2v) is 6.07. The monoisotopic (exact) mass is 404 g/mol. The molecule has 0 unspecified atom stereocenters. The highest BCUT2D eigenvalue weighted by molar-refractivity contribution is 5.94. The molecule has 2 aromatic rings. The van der Waals surface area contributed by atoms with Crippen LogP contribution in [0.15, 0.2) is 42.5 Å². The molecule has 2 rings (SSSR count). The highest BCUT2D eigenvalue weighted by Crippen LogP contribution is 2.30. The lowest BCUT2D eigenvalue weighted by atomic mass is 10.2. The highest BCUT2D eigenvalue weighted by Gasteiger charge is 2.15. The molecular weight excluding hydrogens is 379 g/mol. The van der Waals surface area contributed by atoms with Crippen molar-refractivity contribution in [3.63, 3.8) is 0 Å². The number of hydrogen-bond donors (Lipinski definition) is 1. The number of nitrogens with one attached hydrogen (secondary N) is 1. The third-order valence-electron chi connectivity index (χ3n) is 3.81. The fraction of sp³-hybridized carbons (Fsp3) is 0.333. The quantitative estimate of drug-likeness (QED) is 0.659. The fourth-order valence-corrected chi connectivity index (χ4v) is 2.42. The predicted molar refractivity (Wildman–Crippen MR) is 107 cm³/mol. The number of rotatable bonds is 10. The van der Waals surface area contributed by atoms with Crippen LogP contribution < -0.4 is 19.5 Å². The minimum Gasteiger partial charge on any atom is -0.490 e. The first-order chi connectivity index (χ1) is 13.9. The van der Waals surface area contributed by atoms with Crippen LogP contribution >= 0.6 is 0 Å². The topological polar surface area (TPSA) is 77.1 Å². The minimum atomic E-state index is -0.390. The maximum absolute atomic E-state index is 12.9. The maximum Gasteiger partial charge on any atom is 0.260 e. The molecule has 0 spiro atoms. The first kappa shape index (κ1) is 22.0. The molecule has 2 amide bonds. The Hall–Kier alpha value is -3.29. The van der Waals surface area contributed by atoms with E-state index >= 15 is 0 Å². The third-order valence-corrected chi connectivity index (χ3v) is 3.81. The number of carbonyl (C=O) groups is 2. The van der Waals surface area contributed by atoms with E-state index < -0.39 is 0 Å². The van der Waals surface area contributed by atoms with Crippen molar-refractivity contribution in [1.29, 1.82) is 0 Å². The SMILES string of the molecule is CCOc1ccc(NC(=O)CN(C)C(=O)COc2ccc(F)cc2)cc1OCC. The second-order valence-electron chi connectivity index (χ2n) is 6.07. The van der Waals surface area contributed by atoms with Crippen LogP contribution in [0.1, 0.15) is 13.8 Å². The summed E-state index contributed by atoms with van der Waals surface area (Å²) in [5, 5.41) is 2.72. The zero-order chi connectivity index (χ0) is 21.2. The van der Waals surface area contributed by atoms with Gasteiger partial charge in [-0.25, -0.2) is 4.39 Å². The van der Waals surface area contributed by atoms with Gasteiger partial charge in [-0.2, -0.15) is 0 Å². The standard InChI is InChI=1S/C21H25FN2O5/c1-4-27-18-11-8-16(12-19(18)28-5-2)23-20(25)13-24(3)21(26)14-29-17-9-6-15(22)7-10-17/h6-12H,4-5,13-14H2,1-3H3,(H,23,25). The number of hydrogen-bond acceptors (Lipinski definition) is 5. The molecule has 8 heteroatoms. The Morgan fingerprint density at radius 3 is 2.28 bits per heavy atom. The second kappa shape index (κ2) is 10.9. The Kier molecular flexibility index (Phi) is 8.27. The average molecular weight is 404 g/mol. The number of benzene rings is 2. The third kappa shape index (κ3) is 6.99. The lowest BCUT2D eigenvalue weighted by molar-refractivity contribution is -0.135. The average Bonchev–Trinajstić information content (AvgIpc) is 2.69. The van der Waals surface area contributed by atoms with Gasteiger partial charge in [-0.1, -0.05) is 0 Å². The van der Waals surface area contributed by atoms with Gasteiger partial charge >= 0.3 is 0 Å². The van der Waals surface area contributed by atoms with Crippen molar-refractivity contribution in [1.82, 2.24) is 4.90 Å². The summed E-state index contributed by atoms with van der Waals surface area (Å²) in [6.45, 7) is 4.28. The van der Waals surface area contributed by atoms with E-state index in [4.69, 9.17) is 14.2 Å². The van der Waals surface area contributed by atoms with Crippen LogP contribution in [0.3, 0.4) is 0 Å². The molecule has 0 aromatic heterocycles. The van der Waals surface area contributed by atoms with Crippen molar-refractivity contribution < 1.29 is 28.2 Å². The largest absolute Gasteiger partial charge is 0.490 e. The molecule has 0 atom stereocenters. The molecule has 0 radical (unpaired) electrons. The summed E-state index contributed by atoms with van der Waals surface area (Å²) in [5.74, 6) is 0.358. The number of anilines is 1. The number of likely N-dealkylation sites (N-methyl/N-ethyl adjacent to an activating group) is 1. The summed E-state index contributed by atoms with van der Waals surface area (Å²) in [4.78, 5) is 25.6. The van der Waals surface area contributed by atoms with E-state index in [-0.39, 0.29) is 30.8 Å². The lowest BCUT2D eigenvalue weighted by Gasteiger charge is -2.18. The normalized spacial score (nSPS) is 10.2. The van der Waals surface area contributed by atoms with Crippen molar-refractivity contribution in [2.75, 3.05) is 38.7 Å². The first-order valence-corrected chi connectivity index (χ1v) is 9.24. The van der Waals surface area contributed by atoms with Crippen LogP contribution in [-0.2, 0) is 9.59 Å². The molecule has 0 aliphatic rings. The molecule has 29 heavy (non-hydrogen) atoms. The molecule has 0 heterocycles. The Morgan fingerprint density at radius 2 is 1.62 bits per heavy atom. The van der Waals surface area contributed by atoms with Gasteiger partial charge in [-0.15, -0.1) is 0 Å². The number of halogens is 1. The molecule has 2 aromatic carbocycles. The first-order valence-electron chi connectivity index (χ1n) is 9.24. The van der Waals surface area contributed by atoms with Gasteiger partial charge in [0.2, 0.25) is 5.91 Å². The number of carbonyl (C=O) groups excluding carboxylic acids is 2. The Labute approximate surface area is 169 Å². The van der Waals surface area contributed by atoms with Gasteiger partial charge in [0, 0.05) is 18.8 Å². The summed E-state index contributed by atoms with van der Waals surface area (Å²) in [5.41, 5.74) is 0.533. The molecule has 0 saturated heterocycles. The molecule has 156 valence electrons. The van der Waals surface area contributed by atoms with Gasteiger partial charge in [-0.05, 0) is 50.2 Å². The number of amides is 2. The summed E-state index contributed by atoms with van der Waals surface area (Å²) in [6, 6.07) is 10.4. The molecular formula is C21H25FN2O5. The van der Waals surface area contributed by atoms with Crippen molar-refractivity contribution >= 4 is 17.5 Å². The van der Waals surface area contributed by atoms with E-state index in [1.54, 1.807) is 18.2 Å². The lowest BCUT2D eigenvalue weighted by Crippen LogP contribution is -2.37. The molecule has 1 N–H and O–H groups in total. The van der Waals surface area contributed by atoms with E-state index in [0.29, 0.717) is 36.1 Å². The molecule has 0 aliphatic heterocycles. The van der Waals surface area contributed by atoms with Gasteiger partial charge in [0.25, 0.3) is 5.91 Å². The fourth-order valence-electron chi connectivity index (χ4n) is 2.42. The van der Waals surface area contributed by atoms with E-state index in [1.807, 2.05) is 13.8 Å². The maximum atomic E-state index is 12.9. The van der Waals surface area contributed by atoms with Crippen molar-refractivity contribution in [2.24, 2.45) is 0 Å². The minimum absolute atomic E-state index is 0.150. The Bertz CT molecular complexity index is 826. The number of nitrogens with zero attached hydrogens (tertiary/aromatic N) is 1. The summed E-state index contributed by atoms with van der Waals surface area (Å²) in [6.07, 6.45) is 0. The smallest absolute Gasteiger partial charge is 0.260 e. The van der Waals surface area contributed by atoms with Gasteiger partial charge < -0.3 is 24.4 Å². The van der Waals surface area contributed by atoms with Crippen LogP contribution in [0.2, 0.25) is 0 Å². The zero-order valence-corrected chi connectivity index (χ0v) is 16.7. The van der Waals surface area contributed by atoms with E-state index in [0.717, 1.165) is 0 Å². The summed E-state index contributed by atoms with van der Waals surface area (Å²) in [7, 11) is 1.50. The van der Waals surface area contributed by atoms with E-state index in [2.05, 4.69) is 5.32 Å². The van der Waals surface area contributed by atoms with Crippen LogP contribution in [0.25, 0.3) is 0 Å².